The van der Waals surface area contributed by atoms with E-state index in [-0.39, 0.29) is 5.76 Å². The van der Waals surface area contributed by atoms with Crippen LogP contribution >= 0.6 is 0 Å². The Labute approximate surface area is 111 Å². The molecule has 5 nitrogen and oxygen atoms in total. The van der Waals surface area contributed by atoms with Gasteiger partial charge in [-0.2, -0.15) is 0 Å². The predicted octanol–water partition coefficient (Wildman–Crippen LogP) is 1.01. The molecule has 2 aromatic rings. The van der Waals surface area contributed by atoms with E-state index in [1.807, 2.05) is 12.1 Å². The summed E-state index contributed by atoms with van der Waals surface area (Å²) in [6.45, 7) is 4.68. The van der Waals surface area contributed by atoms with Crippen molar-refractivity contribution < 1.29 is 9.15 Å². The van der Waals surface area contributed by atoms with Crippen molar-refractivity contribution in [2.24, 2.45) is 7.05 Å². The third-order valence-electron chi connectivity index (χ3n) is 3.68. The van der Waals surface area contributed by atoms with Crippen LogP contribution in [-0.4, -0.2) is 42.3 Å². The second-order valence-corrected chi connectivity index (χ2v) is 4.93. The molecule has 3 rings (SSSR count). The van der Waals surface area contributed by atoms with Crippen molar-refractivity contribution >= 4 is 11.1 Å². The molecule has 5 heteroatoms. The molecule has 0 N–H and O–H groups in total. The monoisotopic (exact) mass is 262 g/mol. The van der Waals surface area contributed by atoms with Gasteiger partial charge in [0, 0.05) is 26.7 Å². The van der Waals surface area contributed by atoms with Crippen molar-refractivity contribution in [2.75, 3.05) is 32.8 Å². The van der Waals surface area contributed by atoms with E-state index in [2.05, 4.69) is 11.0 Å². The molecule has 1 fully saturated rings. The maximum absolute atomic E-state index is 11.4. The zero-order valence-electron chi connectivity index (χ0n) is 11.1. The lowest BCUT2D eigenvalue weighted by molar-refractivity contribution is 0.0384. The average molecular weight is 262 g/mol. The topological polar surface area (TPSA) is 47.6 Å². The molecule has 19 heavy (non-hydrogen) atoms. The molecule has 1 aromatic carbocycles. The molecule has 1 aliphatic heterocycles. The minimum Gasteiger partial charge on any atom is -0.408 e. The standard InChI is InChI=1S/C14H18N2O3/c1-15-12-3-2-11(10-13(12)19-14(15)17)4-5-16-6-8-18-9-7-16/h2-3,10H,4-9H2,1H3. The normalized spacial score (nSPS) is 17.1. The Kier molecular flexibility index (Phi) is 3.40. The van der Waals surface area contributed by atoms with Gasteiger partial charge in [0.15, 0.2) is 5.58 Å². The van der Waals surface area contributed by atoms with Gasteiger partial charge in [-0.3, -0.25) is 9.47 Å². The highest BCUT2D eigenvalue weighted by molar-refractivity contribution is 5.73. The number of aromatic nitrogens is 1. The molecule has 1 aromatic heterocycles. The number of oxazole rings is 1. The van der Waals surface area contributed by atoms with Crippen LogP contribution in [0.25, 0.3) is 11.1 Å². The lowest BCUT2D eigenvalue weighted by Gasteiger charge is -2.26. The zero-order valence-corrected chi connectivity index (χ0v) is 11.1. The summed E-state index contributed by atoms with van der Waals surface area (Å²) >= 11 is 0. The summed E-state index contributed by atoms with van der Waals surface area (Å²) in [7, 11) is 1.72. The van der Waals surface area contributed by atoms with Crippen molar-refractivity contribution in [1.29, 1.82) is 0 Å². The van der Waals surface area contributed by atoms with Crippen LogP contribution in [0.1, 0.15) is 5.56 Å². The number of aryl methyl sites for hydroxylation is 1. The Morgan fingerprint density at radius 2 is 2.05 bits per heavy atom. The van der Waals surface area contributed by atoms with Crippen molar-refractivity contribution in [3.8, 4) is 0 Å². The van der Waals surface area contributed by atoms with Gasteiger partial charge in [0.1, 0.15) is 0 Å². The summed E-state index contributed by atoms with van der Waals surface area (Å²) in [6, 6.07) is 5.99. The molecule has 0 saturated carbocycles. The molecular weight excluding hydrogens is 244 g/mol. The van der Waals surface area contributed by atoms with E-state index in [4.69, 9.17) is 9.15 Å². The van der Waals surface area contributed by atoms with Gasteiger partial charge in [-0.1, -0.05) is 6.07 Å². The predicted molar refractivity (Wildman–Crippen MR) is 72.4 cm³/mol. The van der Waals surface area contributed by atoms with E-state index >= 15 is 0 Å². The number of hydrogen-bond acceptors (Lipinski definition) is 4. The van der Waals surface area contributed by atoms with Crippen molar-refractivity contribution in [3.63, 3.8) is 0 Å². The van der Waals surface area contributed by atoms with Crippen molar-refractivity contribution in [2.45, 2.75) is 6.42 Å². The highest BCUT2D eigenvalue weighted by atomic mass is 16.5. The summed E-state index contributed by atoms with van der Waals surface area (Å²) < 4.78 is 12.1. The first kappa shape index (κ1) is 12.4. The fraction of sp³-hybridized carbons (Fsp3) is 0.500. The van der Waals surface area contributed by atoms with Gasteiger partial charge in [0.05, 0.1) is 18.7 Å². The van der Waals surface area contributed by atoms with E-state index in [0.717, 1.165) is 44.8 Å². The van der Waals surface area contributed by atoms with Crippen LogP contribution in [0.15, 0.2) is 27.4 Å². The fourth-order valence-electron chi connectivity index (χ4n) is 2.45. The van der Waals surface area contributed by atoms with E-state index in [0.29, 0.717) is 5.58 Å². The number of morpholine rings is 1. The zero-order chi connectivity index (χ0) is 13.2. The second kappa shape index (κ2) is 5.19. The molecule has 0 aliphatic carbocycles. The Morgan fingerprint density at radius 1 is 1.26 bits per heavy atom. The maximum Gasteiger partial charge on any atom is 0.419 e. The van der Waals surface area contributed by atoms with E-state index in [1.54, 1.807) is 7.05 Å². The van der Waals surface area contributed by atoms with E-state index < -0.39 is 0 Å². The van der Waals surface area contributed by atoms with Gasteiger partial charge in [0.2, 0.25) is 0 Å². The Balaban J connectivity index is 1.72. The summed E-state index contributed by atoms with van der Waals surface area (Å²) in [4.78, 5) is 13.8. The molecule has 1 aliphatic rings. The van der Waals surface area contributed by atoms with Gasteiger partial charge in [-0.25, -0.2) is 4.79 Å². The summed E-state index contributed by atoms with van der Waals surface area (Å²) in [6.07, 6.45) is 0.967. The molecule has 0 spiro atoms. The number of benzene rings is 1. The third-order valence-corrected chi connectivity index (χ3v) is 3.68. The van der Waals surface area contributed by atoms with Crippen LogP contribution in [0.5, 0.6) is 0 Å². The molecule has 0 bridgehead atoms. The van der Waals surface area contributed by atoms with Gasteiger partial charge in [-0.15, -0.1) is 0 Å². The number of rotatable bonds is 3. The molecule has 2 heterocycles. The van der Waals surface area contributed by atoms with Crippen LogP contribution in [0.2, 0.25) is 0 Å². The maximum atomic E-state index is 11.4. The summed E-state index contributed by atoms with van der Waals surface area (Å²) in [5.41, 5.74) is 2.72. The third kappa shape index (κ3) is 2.57. The van der Waals surface area contributed by atoms with Gasteiger partial charge in [0.25, 0.3) is 0 Å². The minimum absolute atomic E-state index is 0.305. The van der Waals surface area contributed by atoms with E-state index in [1.165, 1.54) is 10.1 Å². The molecule has 1 saturated heterocycles. The Hall–Kier alpha value is -1.59. The van der Waals surface area contributed by atoms with Crippen molar-refractivity contribution in [3.05, 3.63) is 34.3 Å². The number of ether oxygens (including phenoxy) is 1. The van der Waals surface area contributed by atoms with Crippen LogP contribution < -0.4 is 5.76 Å². The first-order chi connectivity index (χ1) is 9.24. The molecule has 0 radical (unpaired) electrons. The smallest absolute Gasteiger partial charge is 0.408 e. The average Bonchev–Trinajstić information content (AvgIpc) is 2.73. The SMILES string of the molecule is Cn1c(=O)oc2cc(CCN3CCOCC3)ccc21. The fourth-order valence-corrected chi connectivity index (χ4v) is 2.45. The van der Waals surface area contributed by atoms with Crippen molar-refractivity contribution in [1.82, 2.24) is 9.47 Å². The molecule has 0 amide bonds. The number of hydrogen-bond donors (Lipinski definition) is 0. The van der Waals surface area contributed by atoms with E-state index in [9.17, 15) is 4.79 Å². The van der Waals surface area contributed by atoms with Gasteiger partial charge >= 0.3 is 5.76 Å². The number of fused-ring (bicyclic) bond motifs is 1. The molecule has 102 valence electrons. The lowest BCUT2D eigenvalue weighted by Crippen LogP contribution is -2.37. The van der Waals surface area contributed by atoms with Crippen LogP contribution in [0, 0.1) is 0 Å². The Morgan fingerprint density at radius 3 is 2.84 bits per heavy atom. The summed E-state index contributed by atoms with van der Waals surface area (Å²) in [5.74, 6) is -0.305. The van der Waals surface area contributed by atoms with Crippen LogP contribution in [0.3, 0.4) is 0 Å². The Bertz CT molecular complexity index is 623. The van der Waals surface area contributed by atoms with Crippen LogP contribution in [-0.2, 0) is 18.2 Å². The highest BCUT2D eigenvalue weighted by Gasteiger charge is 2.11. The van der Waals surface area contributed by atoms with Gasteiger partial charge < -0.3 is 9.15 Å². The minimum atomic E-state index is -0.305. The largest absolute Gasteiger partial charge is 0.419 e. The highest BCUT2D eigenvalue weighted by Crippen LogP contribution is 2.15. The quantitative estimate of drug-likeness (QED) is 0.828. The molecular formula is C14H18N2O3. The van der Waals surface area contributed by atoms with Crippen LogP contribution in [0.4, 0.5) is 0 Å². The molecule has 0 unspecified atom stereocenters. The number of nitrogens with zero attached hydrogens (tertiary/aromatic N) is 2. The first-order valence-electron chi connectivity index (χ1n) is 6.62. The second-order valence-electron chi connectivity index (χ2n) is 4.93. The van der Waals surface area contributed by atoms with Gasteiger partial charge in [-0.05, 0) is 24.1 Å². The lowest BCUT2D eigenvalue weighted by atomic mass is 10.1. The molecule has 0 atom stereocenters. The summed E-state index contributed by atoms with van der Waals surface area (Å²) in [5, 5.41) is 0. The first-order valence-corrected chi connectivity index (χ1v) is 6.62.